The molecule has 1 aliphatic heterocycles. The van der Waals surface area contributed by atoms with E-state index in [1.165, 1.54) is 0 Å². The van der Waals surface area contributed by atoms with E-state index >= 15 is 0 Å². The molecule has 1 saturated heterocycles. The minimum Gasteiger partial charge on any atom is -0.320 e. The zero-order valence-electron chi connectivity index (χ0n) is 8.67. The van der Waals surface area contributed by atoms with Gasteiger partial charge >= 0.3 is 0 Å². The molecule has 0 spiro atoms. The second kappa shape index (κ2) is 5.07. The van der Waals surface area contributed by atoms with Gasteiger partial charge in [-0.2, -0.15) is 0 Å². The van der Waals surface area contributed by atoms with Crippen LogP contribution in [0.3, 0.4) is 0 Å². The van der Waals surface area contributed by atoms with Crippen LogP contribution in [-0.2, 0) is 9.59 Å². The van der Waals surface area contributed by atoms with Gasteiger partial charge in [0, 0.05) is 6.54 Å². The Morgan fingerprint density at radius 1 is 1.57 bits per heavy atom. The van der Waals surface area contributed by atoms with Gasteiger partial charge < -0.3 is 5.32 Å². The molecule has 2 N–H and O–H groups in total. The fourth-order valence-corrected chi connectivity index (χ4v) is 1.50. The Bertz CT molecular complexity index is 230. The van der Waals surface area contributed by atoms with Gasteiger partial charge in [-0.05, 0) is 26.9 Å². The molecule has 5 nitrogen and oxygen atoms in total. The van der Waals surface area contributed by atoms with Gasteiger partial charge in [0.15, 0.2) is 0 Å². The topological polar surface area (TPSA) is 61.4 Å². The van der Waals surface area contributed by atoms with E-state index in [4.69, 9.17) is 0 Å². The first-order chi connectivity index (χ1) is 6.65. The third-order valence-electron chi connectivity index (χ3n) is 2.41. The summed E-state index contributed by atoms with van der Waals surface area (Å²) in [5.74, 6) is -0.386. The molecule has 0 bridgehead atoms. The SMILES string of the molecule is CNCCCN1CC(=O)NC(=O)C1C. The smallest absolute Gasteiger partial charge is 0.243 e. The van der Waals surface area contributed by atoms with Crippen LogP contribution in [0.1, 0.15) is 13.3 Å². The Balaban J connectivity index is 2.41. The molecule has 0 saturated carbocycles. The maximum atomic E-state index is 11.3. The van der Waals surface area contributed by atoms with E-state index in [0.717, 1.165) is 19.5 Å². The Kier molecular flexibility index (Phi) is 4.03. The number of carbonyl (C=O) groups excluding carboxylic acids is 2. The lowest BCUT2D eigenvalue weighted by atomic mass is 10.2. The largest absolute Gasteiger partial charge is 0.320 e. The van der Waals surface area contributed by atoms with Crippen LogP contribution in [0.2, 0.25) is 0 Å². The number of hydrogen-bond donors (Lipinski definition) is 2. The summed E-state index contributed by atoms with van der Waals surface area (Å²) in [5.41, 5.74) is 0. The number of piperazine rings is 1. The number of nitrogens with one attached hydrogen (secondary N) is 2. The monoisotopic (exact) mass is 199 g/mol. The third kappa shape index (κ3) is 2.78. The van der Waals surface area contributed by atoms with Gasteiger partial charge in [0.2, 0.25) is 11.8 Å². The van der Waals surface area contributed by atoms with Crippen molar-refractivity contribution in [3.63, 3.8) is 0 Å². The molecule has 1 fully saturated rings. The first kappa shape index (κ1) is 11.1. The highest BCUT2D eigenvalue weighted by Gasteiger charge is 2.29. The Morgan fingerprint density at radius 3 is 2.93 bits per heavy atom. The van der Waals surface area contributed by atoms with E-state index in [9.17, 15) is 9.59 Å². The predicted octanol–water partition coefficient (Wildman–Crippen LogP) is -1.06. The van der Waals surface area contributed by atoms with Crippen LogP contribution in [-0.4, -0.2) is 49.4 Å². The van der Waals surface area contributed by atoms with E-state index < -0.39 is 0 Å². The van der Waals surface area contributed by atoms with Gasteiger partial charge in [0.1, 0.15) is 0 Å². The fourth-order valence-electron chi connectivity index (χ4n) is 1.50. The number of carbonyl (C=O) groups is 2. The second-order valence-corrected chi connectivity index (χ2v) is 3.52. The average molecular weight is 199 g/mol. The lowest BCUT2D eigenvalue weighted by Gasteiger charge is -2.31. The van der Waals surface area contributed by atoms with Gasteiger partial charge in [-0.1, -0.05) is 0 Å². The molecular weight excluding hydrogens is 182 g/mol. The van der Waals surface area contributed by atoms with Crippen LogP contribution in [0.15, 0.2) is 0 Å². The van der Waals surface area contributed by atoms with Crippen LogP contribution in [0.25, 0.3) is 0 Å². The van der Waals surface area contributed by atoms with Gasteiger partial charge in [0.25, 0.3) is 0 Å². The molecular formula is C9H17N3O2. The first-order valence-corrected chi connectivity index (χ1v) is 4.87. The summed E-state index contributed by atoms with van der Waals surface area (Å²) in [4.78, 5) is 24.2. The van der Waals surface area contributed by atoms with E-state index in [-0.39, 0.29) is 17.9 Å². The average Bonchev–Trinajstić information content (AvgIpc) is 2.13. The zero-order valence-corrected chi connectivity index (χ0v) is 8.67. The molecule has 1 heterocycles. The van der Waals surface area contributed by atoms with Crippen LogP contribution < -0.4 is 10.6 Å². The Hall–Kier alpha value is -0.940. The van der Waals surface area contributed by atoms with Crippen LogP contribution >= 0.6 is 0 Å². The minimum atomic E-state index is -0.197. The zero-order chi connectivity index (χ0) is 10.6. The molecule has 0 aromatic rings. The number of amides is 2. The van der Waals surface area contributed by atoms with Gasteiger partial charge in [-0.25, -0.2) is 0 Å². The molecule has 0 radical (unpaired) electrons. The van der Waals surface area contributed by atoms with Crippen molar-refractivity contribution in [2.75, 3.05) is 26.7 Å². The molecule has 14 heavy (non-hydrogen) atoms. The second-order valence-electron chi connectivity index (χ2n) is 3.52. The minimum absolute atomic E-state index is 0.189. The maximum absolute atomic E-state index is 11.3. The van der Waals surface area contributed by atoms with Crippen molar-refractivity contribution in [2.24, 2.45) is 0 Å². The van der Waals surface area contributed by atoms with Crippen molar-refractivity contribution in [2.45, 2.75) is 19.4 Å². The third-order valence-corrected chi connectivity index (χ3v) is 2.41. The van der Waals surface area contributed by atoms with Crippen LogP contribution in [0, 0.1) is 0 Å². The first-order valence-electron chi connectivity index (χ1n) is 4.87. The number of imide groups is 1. The normalized spacial score (nSPS) is 23.7. The van der Waals surface area contributed by atoms with E-state index in [1.54, 1.807) is 0 Å². The number of hydrogen-bond acceptors (Lipinski definition) is 4. The van der Waals surface area contributed by atoms with Gasteiger partial charge in [-0.15, -0.1) is 0 Å². The highest BCUT2D eigenvalue weighted by molar-refractivity contribution is 6.00. The van der Waals surface area contributed by atoms with Crippen molar-refractivity contribution in [1.82, 2.24) is 15.5 Å². The molecule has 1 rings (SSSR count). The molecule has 1 unspecified atom stereocenters. The van der Waals surface area contributed by atoms with Crippen molar-refractivity contribution in [3.05, 3.63) is 0 Å². The molecule has 0 aromatic carbocycles. The summed E-state index contributed by atoms with van der Waals surface area (Å²) in [6.07, 6.45) is 0.946. The molecule has 80 valence electrons. The highest BCUT2D eigenvalue weighted by atomic mass is 16.2. The Morgan fingerprint density at radius 2 is 2.29 bits per heavy atom. The van der Waals surface area contributed by atoms with Crippen molar-refractivity contribution < 1.29 is 9.59 Å². The summed E-state index contributed by atoms with van der Waals surface area (Å²) >= 11 is 0. The molecule has 5 heteroatoms. The summed E-state index contributed by atoms with van der Waals surface area (Å²) in [5, 5.41) is 5.35. The molecule has 0 aromatic heterocycles. The molecule has 0 aliphatic carbocycles. The maximum Gasteiger partial charge on any atom is 0.243 e. The number of rotatable bonds is 4. The number of nitrogens with zero attached hydrogens (tertiary/aromatic N) is 1. The van der Waals surface area contributed by atoms with Crippen molar-refractivity contribution in [1.29, 1.82) is 0 Å². The van der Waals surface area contributed by atoms with E-state index in [0.29, 0.717) is 6.54 Å². The summed E-state index contributed by atoms with van der Waals surface area (Å²) in [6.45, 7) is 3.83. The summed E-state index contributed by atoms with van der Waals surface area (Å²) in [7, 11) is 1.89. The van der Waals surface area contributed by atoms with Crippen molar-refractivity contribution >= 4 is 11.8 Å². The standard InChI is InChI=1S/C9H17N3O2/c1-7-9(14)11-8(13)6-12(7)5-3-4-10-2/h7,10H,3-6H2,1-2H3,(H,11,13,14). The van der Waals surface area contributed by atoms with E-state index in [1.807, 2.05) is 18.9 Å². The summed E-state index contributed by atoms with van der Waals surface area (Å²) < 4.78 is 0. The van der Waals surface area contributed by atoms with Crippen LogP contribution in [0.5, 0.6) is 0 Å². The molecule has 2 amide bonds. The van der Waals surface area contributed by atoms with Crippen LogP contribution in [0.4, 0.5) is 0 Å². The summed E-state index contributed by atoms with van der Waals surface area (Å²) in [6, 6.07) is -0.190. The fraction of sp³-hybridized carbons (Fsp3) is 0.778. The van der Waals surface area contributed by atoms with Crippen molar-refractivity contribution in [3.8, 4) is 0 Å². The predicted molar refractivity (Wildman–Crippen MR) is 52.7 cm³/mol. The molecule has 1 atom stereocenters. The molecule has 1 aliphatic rings. The quantitative estimate of drug-likeness (QED) is 0.448. The van der Waals surface area contributed by atoms with Gasteiger partial charge in [0.05, 0.1) is 12.6 Å². The highest BCUT2D eigenvalue weighted by Crippen LogP contribution is 2.04. The lowest BCUT2D eigenvalue weighted by molar-refractivity contribution is -0.139. The van der Waals surface area contributed by atoms with Gasteiger partial charge in [-0.3, -0.25) is 19.8 Å². The van der Waals surface area contributed by atoms with E-state index in [2.05, 4.69) is 10.6 Å². The lowest BCUT2D eigenvalue weighted by Crippen LogP contribution is -2.57. The Labute approximate surface area is 83.8 Å².